The van der Waals surface area contributed by atoms with E-state index in [4.69, 9.17) is 16.3 Å². The fourth-order valence-corrected chi connectivity index (χ4v) is 2.12. The summed E-state index contributed by atoms with van der Waals surface area (Å²) in [5.41, 5.74) is 0.972. The maximum absolute atomic E-state index is 11.8. The highest BCUT2D eigenvalue weighted by atomic mass is 35.5. The lowest BCUT2D eigenvalue weighted by atomic mass is 10.2. The topological polar surface area (TPSA) is 43.3 Å². The van der Waals surface area contributed by atoms with Crippen molar-refractivity contribution in [1.29, 1.82) is 0 Å². The van der Waals surface area contributed by atoms with Crippen LogP contribution in [0.15, 0.2) is 30.5 Å². The fourth-order valence-electron chi connectivity index (χ4n) is 1.95. The Kier molecular flexibility index (Phi) is 4.82. The van der Waals surface area contributed by atoms with Crippen molar-refractivity contribution in [2.45, 2.75) is 13.0 Å². The highest BCUT2D eigenvalue weighted by molar-refractivity contribution is 6.31. The molecule has 0 aliphatic rings. The zero-order valence-corrected chi connectivity index (χ0v) is 11.6. The minimum atomic E-state index is -0.00595. The van der Waals surface area contributed by atoms with Crippen LogP contribution in [-0.2, 0) is 16.1 Å². The number of hydrogen-bond acceptors (Lipinski definition) is 2. The van der Waals surface area contributed by atoms with E-state index in [2.05, 4.69) is 5.32 Å². The van der Waals surface area contributed by atoms with Gasteiger partial charge in [-0.05, 0) is 30.0 Å². The Bertz CT molecular complexity index is 566. The van der Waals surface area contributed by atoms with E-state index in [9.17, 15) is 4.79 Å². The highest BCUT2D eigenvalue weighted by Gasteiger charge is 2.06. The predicted octanol–water partition coefficient (Wildman–Crippen LogP) is 2.45. The predicted molar refractivity (Wildman–Crippen MR) is 76.5 cm³/mol. The second-order valence-corrected chi connectivity index (χ2v) is 4.78. The van der Waals surface area contributed by atoms with E-state index in [1.54, 1.807) is 7.11 Å². The van der Waals surface area contributed by atoms with Crippen LogP contribution in [-0.4, -0.2) is 30.7 Å². The van der Waals surface area contributed by atoms with Crippen LogP contribution in [0.4, 0.5) is 0 Å². The van der Waals surface area contributed by atoms with Crippen molar-refractivity contribution in [3.05, 3.63) is 35.5 Å². The molecule has 1 N–H and O–H groups in total. The van der Waals surface area contributed by atoms with Gasteiger partial charge in [0.25, 0.3) is 0 Å². The number of carbonyl (C=O) groups excluding carboxylic acids is 1. The number of carbonyl (C=O) groups is 1. The Balaban J connectivity index is 1.97. The lowest BCUT2D eigenvalue weighted by Crippen LogP contribution is -2.28. The lowest BCUT2D eigenvalue weighted by molar-refractivity contribution is -0.121. The first kappa shape index (κ1) is 13.9. The van der Waals surface area contributed by atoms with Gasteiger partial charge >= 0.3 is 0 Å². The molecule has 0 fully saturated rings. The monoisotopic (exact) mass is 280 g/mol. The number of benzene rings is 1. The minimum absolute atomic E-state index is 0.00595. The van der Waals surface area contributed by atoms with Crippen LogP contribution in [0.5, 0.6) is 0 Å². The van der Waals surface area contributed by atoms with Gasteiger partial charge < -0.3 is 14.6 Å². The number of hydrogen-bond donors (Lipinski definition) is 1. The second-order valence-electron chi connectivity index (χ2n) is 4.34. The van der Waals surface area contributed by atoms with Crippen LogP contribution in [0.2, 0.25) is 5.02 Å². The summed E-state index contributed by atoms with van der Waals surface area (Å²) in [5, 5.41) is 4.62. The molecule has 1 heterocycles. The molecular weight excluding hydrogens is 264 g/mol. The zero-order valence-electron chi connectivity index (χ0n) is 10.9. The third kappa shape index (κ3) is 3.72. The third-order valence-electron chi connectivity index (χ3n) is 2.90. The zero-order chi connectivity index (χ0) is 13.7. The van der Waals surface area contributed by atoms with Gasteiger partial charge in [-0.2, -0.15) is 0 Å². The molecule has 1 aromatic heterocycles. The van der Waals surface area contributed by atoms with E-state index in [1.165, 1.54) is 0 Å². The van der Waals surface area contributed by atoms with Crippen molar-refractivity contribution in [2.75, 3.05) is 20.3 Å². The molecule has 1 amide bonds. The fraction of sp³-hybridized carbons (Fsp3) is 0.357. The molecule has 0 bridgehead atoms. The van der Waals surface area contributed by atoms with E-state index in [1.807, 2.05) is 35.0 Å². The van der Waals surface area contributed by atoms with Crippen LogP contribution in [0.3, 0.4) is 0 Å². The van der Waals surface area contributed by atoms with Gasteiger partial charge in [0.05, 0.1) is 0 Å². The standard InChI is InChI=1S/C14H17ClN2O2/c1-19-8-2-6-16-14(18)10-17-7-5-11-3-4-12(15)9-13(11)17/h3-5,7,9H,2,6,8,10H2,1H3,(H,16,18). The number of aromatic nitrogens is 1. The van der Waals surface area contributed by atoms with E-state index in [0.717, 1.165) is 17.3 Å². The van der Waals surface area contributed by atoms with E-state index in [0.29, 0.717) is 24.7 Å². The number of halogens is 1. The summed E-state index contributed by atoms with van der Waals surface area (Å²) in [6.07, 6.45) is 2.72. The van der Waals surface area contributed by atoms with Gasteiger partial charge in [0.1, 0.15) is 6.54 Å². The Morgan fingerprint density at radius 1 is 1.42 bits per heavy atom. The van der Waals surface area contributed by atoms with Crippen molar-refractivity contribution in [3.8, 4) is 0 Å². The molecule has 0 saturated carbocycles. The SMILES string of the molecule is COCCCNC(=O)Cn1ccc2ccc(Cl)cc21. The Labute approximate surface area is 117 Å². The van der Waals surface area contributed by atoms with E-state index < -0.39 is 0 Å². The molecule has 0 atom stereocenters. The minimum Gasteiger partial charge on any atom is -0.385 e. The number of rotatable bonds is 6. The van der Waals surface area contributed by atoms with Crippen LogP contribution in [0, 0.1) is 0 Å². The molecule has 0 aliphatic heterocycles. The number of methoxy groups -OCH3 is 1. The quantitative estimate of drug-likeness (QED) is 0.826. The van der Waals surface area contributed by atoms with Gasteiger partial charge in [0.2, 0.25) is 5.91 Å². The molecule has 5 heteroatoms. The number of nitrogens with one attached hydrogen (secondary N) is 1. The summed E-state index contributed by atoms with van der Waals surface area (Å²) in [6, 6.07) is 7.64. The molecule has 0 spiro atoms. The average molecular weight is 281 g/mol. The van der Waals surface area contributed by atoms with E-state index in [-0.39, 0.29) is 5.91 Å². The van der Waals surface area contributed by atoms with Gasteiger partial charge in [0.15, 0.2) is 0 Å². The third-order valence-corrected chi connectivity index (χ3v) is 3.13. The lowest BCUT2D eigenvalue weighted by Gasteiger charge is -2.07. The Morgan fingerprint density at radius 2 is 2.26 bits per heavy atom. The van der Waals surface area contributed by atoms with Gasteiger partial charge in [-0.1, -0.05) is 17.7 Å². The number of ether oxygens (including phenoxy) is 1. The molecule has 0 saturated heterocycles. The molecule has 0 radical (unpaired) electrons. The molecule has 2 rings (SSSR count). The van der Waals surface area contributed by atoms with Gasteiger partial charge in [-0.25, -0.2) is 0 Å². The molecule has 0 unspecified atom stereocenters. The van der Waals surface area contributed by atoms with Crippen LogP contribution in [0.1, 0.15) is 6.42 Å². The normalized spacial score (nSPS) is 10.8. The number of nitrogens with zero attached hydrogens (tertiary/aromatic N) is 1. The van der Waals surface area contributed by atoms with Crippen molar-refractivity contribution in [2.24, 2.45) is 0 Å². The van der Waals surface area contributed by atoms with Gasteiger partial charge in [0, 0.05) is 37.0 Å². The second kappa shape index (κ2) is 6.59. The number of amides is 1. The number of fused-ring (bicyclic) bond motifs is 1. The van der Waals surface area contributed by atoms with Crippen molar-refractivity contribution in [1.82, 2.24) is 9.88 Å². The van der Waals surface area contributed by atoms with Gasteiger partial charge in [-0.15, -0.1) is 0 Å². The Morgan fingerprint density at radius 3 is 3.05 bits per heavy atom. The molecular formula is C14H17ClN2O2. The first-order valence-corrected chi connectivity index (χ1v) is 6.58. The summed E-state index contributed by atoms with van der Waals surface area (Å²) < 4.78 is 6.82. The van der Waals surface area contributed by atoms with E-state index >= 15 is 0 Å². The molecule has 19 heavy (non-hydrogen) atoms. The summed E-state index contributed by atoms with van der Waals surface area (Å²) in [6.45, 7) is 1.59. The van der Waals surface area contributed by atoms with Crippen LogP contribution >= 0.6 is 11.6 Å². The largest absolute Gasteiger partial charge is 0.385 e. The average Bonchev–Trinajstić information content (AvgIpc) is 2.77. The maximum Gasteiger partial charge on any atom is 0.239 e. The first-order chi connectivity index (χ1) is 9.20. The molecule has 2 aromatic rings. The summed E-state index contributed by atoms with van der Waals surface area (Å²) in [7, 11) is 1.65. The van der Waals surface area contributed by atoms with Crippen molar-refractivity contribution < 1.29 is 9.53 Å². The van der Waals surface area contributed by atoms with Crippen LogP contribution < -0.4 is 5.32 Å². The van der Waals surface area contributed by atoms with Crippen molar-refractivity contribution >= 4 is 28.4 Å². The van der Waals surface area contributed by atoms with Crippen LogP contribution in [0.25, 0.3) is 10.9 Å². The molecule has 1 aromatic carbocycles. The summed E-state index contributed by atoms with van der Waals surface area (Å²) >= 11 is 5.97. The molecule has 0 aliphatic carbocycles. The first-order valence-electron chi connectivity index (χ1n) is 6.21. The molecule has 4 nitrogen and oxygen atoms in total. The summed E-state index contributed by atoms with van der Waals surface area (Å²) in [4.78, 5) is 11.8. The molecule has 102 valence electrons. The Hall–Kier alpha value is -1.52. The van der Waals surface area contributed by atoms with Gasteiger partial charge in [-0.3, -0.25) is 4.79 Å². The smallest absolute Gasteiger partial charge is 0.239 e. The van der Waals surface area contributed by atoms with Crippen molar-refractivity contribution in [3.63, 3.8) is 0 Å². The maximum atomic E-state index is 11.8. The highest BCUT2D eigenvalue weighted by Crippen LogP contribution is 2.20. The summed E-state index contributed by atoms with van der Waals surface area (Å²) in [5.74, 6) is -0.00595.